The van der Waals surface area contributed by atoms with Crippen molar-refractivity contribution in [2.24, 2.45) is 11.7 Å². The maximum absolute atomic E-state index is 12.0. The van der Waals surface area contributed by atoms with E-state index in [2.05, 4.69) is 10.3 Å². The van der Waals surface area contributed by atoms with Crippen molar-refractivity contribution >= 4 is 34.8 Å². The summed E-state index contributed by atoms with van der Waals surface area (Å²) in [7, 11) is 0. The second-order valence-corrected chi connectivity index (χ2v) is 6.10. The van der Waals surface area contributed by atoms with E-state index in [1.54, 1.807) is 6.92 Å². The number of anilines is 1. The van der Waals surface area contributed by atoms with Crippen LogP contribution < -0.4 is 20.5 Å². The number of amides is 1. The third-order valence-electron chi connectivity index (χ3n) is 3.60. The van der Waals surface area contributed by atoms with Crippen molar-refractivity contribution in [2.45, 2.75) is 19.9 Å². The highest BCUT2D eigenvalue weighted by Gasteiger charge is 2.19. The van der Waals surface area contributed by atoms with Crippen molar-refractivity contribution in [1.82, 2.24) is 4.98 Å². The van der Waals surface area contributed by atoms with Gasteiger partial charge in [0.15, 0.2) is 16.6 Å². The molecule has 0 spiro atoms. The van der Waals surface area contributed by atoms with Crippen molar-refractivity contribution in [3.05, 3.63) is 23.6 Å². The molecule has 124 valence electrons. The van der Waals surface area contributed by atoms with E-state index in [0.717, 1.165) is 17.0 Å². The molecule has 0 bridgehead atoms. The van der Waals surface area contributed by atoms with Gasteiger partial charge in [0.2, 0.25) is 12.7 Å². The van der Waals surface area contributed by atoms with Crippen LogP contribution in [0.1, 0.15) is 13.8 Å². The van der Waals surface area contributed by atoms with Crippen LogP contribution in [0.25, 0.3) is 11.3 Å². The van der Waals surface area contributed by atoms with Crippen LogP contribution in [0.5, 0.6) is 11.5 Å². The summed E-state index contributed by atoms with van der Waals surface area (Å²) in [6, 6.07) is 5.45. The van der Waals surface area contributed by atoms with Gasteiger partial charge in [0.25, 0.3) is 0 Å². The van der Waals surface area contributed by atoms with Crippen LogP contribution >= 0.6 is 23.7 Å². The minimum Gasteiger partial charge on any atom is -0.454 e. The Morgan fingerprint density at radius 1 is 1.35 bits per heavy atom. The van der Waals surface area contributed by atoms with E-state index in [9.17, 15) is 4.79 Å². The summed E-state index contributed by atoms with van der Waals surface area (Å²) < 4.78 is 10.6. The molecule has 0 aliphatic carbocycles. The number of fused-ring (bicyclic) bond motifs is 1. The molecule has 0 fully saturated rings. The molecule has 1 aromatic carbocycles. The van der Waals surface area contributed by atoms with Gasteiger partial charge >= 0.3 is 0 Å². The molecule has 23 heavy (non-hydrogen) atoms. The summed E-state index contributed by atoms with van der Waals surface area (Å²) in [5.41, 5.74) is 7.44. The second-order valence-electron chi connectivity index (χ2n) is 5.24. The standard InChI is InChI=1S/C15H17N3O3S.ClH/c1-8(9(2)16)14(19)18-15-17-11(6-22-15)10-3-4-12-13(5-10)21-7-20-12;/h3-6,8-9H,7,16H2,1-2H3,(H,17,18,19);1H. The first kappa shape index (κ1) is 17.5. The highest BCUT2D eigenvalue weighted by molar-refractivity contribution is 7.14. The highest BCUT2D eigenvalue weighted by Crippen LogP contribution is 2.36. The Morgan fingerprint density at radius 2 is 2.09 bits per heavy atom. The number of rotatable bonds is 4. The number of thiazole rings is 1. The van der Waals surface area contributed by atoms with Gasteiger partial charge in [-0.1, -0.05) is 6.92 Å². The average molecular weight is 356 g/mol. The zero-order valence-electron chi connectivity index (χ0n) is 12.7. The first-order valence-corrected chi connectivity index (χ1v) is 7.84. The lowest BCUT2D eigenvalue weighted by molar-refractivity contribution is -0.119. The van der Waals surface area contributed by atoms with Crippen LogP contribution in [-0.4, -0.2) is 23.7 Å². The summed E-state index contributed by atoms with van der Waals surface area (Å²) in [6.07, 6.45) is 0. The van der Waals surface area contributed by atoms with Gasteiger partial charge in [-0.15, -0.1) is 23.7 Å². The van der Waals surface area contributed by atoms with Gasteiger partial charge in [0.05, 0.1) is 11.6 Å². The Kier molecular flexibility index (Phi) is 5.46. The van der Waals surface area contributed by atoms with Crippen LogP contribution in [-0.2, 0) is 4.79 Å². The molecule has 2 aromatic rings. The Balaban J connectivity index is 0.00000192. The average Bonchev–Trinajstić information content (AvgIpc) is 3.13. The molecule has 0 saturated carbocycles. The molecule has 8 heteroatoms. The number of hydrogen-bond acceptors (Lipinski definition) is 6. The van der Waals surface area contributed by atoms with Crippen LogP contribution in [0.3, 0.4) is 0 Å². The molecule has 3 N–H and O–H groups in total. The van der Waals surface area contributed by atoms with Crippen LogP contribution in [0.2, 0.25) is 0 Å². The van der Waals surface area contributed by atoms with E-state index in [0.29, 0.717) is 10.9 Å². The Hall–Kier alpha value is -1.83. The number of carbonyl (C=O) groups excluding carboxylic acids is 1. The molecular formula is C15H18ClN3O3S. The first-order valence-electron chi connectivity index (χ1n) is 6.96. The quantitative estimate of drug-likeness (QED) is 0.880. The molecule has 2 atom stereocenters. The summed E-state index contributed by atoms with van der Waals surface area (Å²) in [4.78, 5) is 16.4. The lowest BCUT2D eigenvalue weighted by atomic mass is 10.0. The summed E-state index contributed by atoms with van der Waals surface area (Å²) in [5.74, 6) is 1.06. The fourth-order valence-corrected chi connectivity index (χ4v) is 2.70. The topological polar surface area (TPSA) is 86.5 Å². The fourth-order valence-electron chi connectivity index (χ4n) is 1.98. The highest BCUT2D eigenvalue weighted by atomic mass is 35.5. The molecule has 2 unspecified atom stereocenters. The molecule has 0 radical (unpaired) electrons. The van der Waals surface area contributed by atoms with Gasteiger partial charge in [-0.2, -0.15) is 0 Å². The molecule has 1 aromatic heterocycles. The molecule has 1 amide bonds. The number of nitrogens with zero attached hydrogens (tertiary/aromatic N) is 1. The van der Waals surface area contributed by atoms with Crippen LogP contribution in [0, 0.1) is 5.92 Å². The molecule has 6 nitrogen and oxygen atoms in total. The zero-order chi connectivity index (χ0) is 15.7. The van der Waals surface area contributed by atoms with Crippen LogP contribution in [0.4, 0.5) is 5.13 Å². The van der Waals surface area contributed by atoms with E-state index in [4.69, 9.17) is 15.2 Å². The smallest absolute Gasteiger partial charge is 0.231 e. The van der Waals surface area contributed by atoms with Crippen molar-refractivity contribution in [2.75, 3.05) is 12.1 Å². The number of hydrogen-bond donors (Lipinski definition) is 2. The number of benzene rings is 1. The minimum absolute atomic E-state index is 0. The van der Waals surface area contributed by atoms with Gasteiger partial charge in [-0.05, 0) is 25.1 Å². The lowest BCUT2D eigenvalue weighted by Gasteiger charge is -2.13. The molecular weight excluding hydrogens is 338 g/mol. The molecule has 0 saturated heterocycles. The van der Waals surface area contributed by atoms with Gasteiger partial charge in [-0.25, -0.2) is 4.98 Å². The number of nitrogens with two attached hydrogens (primary N) is 1. The Morgan fingerprint density at radius 3 is 2.83 bits per heavy atom. The summed E-state index contributed by atoms with van der Waals surface area (Å²) >= 11 is 1.38. The number of ether oxygens (including phenoxy) is 2. The predicted molar refractivity (Wildman–Crippen MR) is 92.4 cm³/mol. The fraction of sp³-hybridized carbons (Fsp3) is 0.333. The first-order chi connectivity index (χ1) is 10.5. The van der Waals surface area contributed by atoms with E-state index >= 15 is 0 Å². The SMILES string of the molecule is CC(N)C(C)C(=O)Nc1nc(-c2ccc3c(c2)OCO3)cs1.Cl. The maximum Gasteiger partial charge on any atom is 0.231 e. The summed E-state index contributed by atoms with van der Waals surface area (Å²) in [5, 5.41) is 5.25. The third-order valence-corrected chi connectivity index (χ3v) is 4.36. The number of carbonyl (C=O) groups is 1. The number of aromatic nitrogens is 1. The molecule has 1 aliphatic rings. The van der Waals surface area contributed by atoms with Crippen molar-refractivity contribution in [3.63, 3.8) is 0 Å². The van der Waals surface area contributed by atoms with E-state index in [1.807, 2.05) is 30.5 Å². The van der Waals surface area contributed by atoms with Crippen molar-refractivity contribution in [1.29, 1.82) is 0 Å². The minimum atomic E-state index is -0.266. The molecule has 1 aliphatic heterocycles. The van der Waals surface area contributed by atoms with Crippen LogP contribution in [0.15, 0.2) is 23.6 Å². The normalized spacial score (nSPS) is 14.7. The molecule has 2 heterocycles. The monoisotopic (exact) mass is 355 g/mol. The Bertz CT molecular complexity index is 705. The van der Waals surface area contributed by atoms with E-state index in [-0.39, 0.29) is 37.1 Å². The lowest BCUT2D eigenvalue weighted by Crippen LogP contribution is -2.34. The molecule has 3 rings (SSSR count). The maximum atomic E-state index is 12.0. The van der Waals surface area contributed by atoms with Gasteiger partial charge in [-0.3, -0.25) is 4.79 Å². The van der Waals surface area contributed by atoms with Gasteiger partial charge < -0.3 is 20.5 Å². The van der Waals surface area contributed by atoms with Crippen molar-refractivity contribution < 1.29 is 14.3 Å². The third kappa shape index (κ3) is 3.74. The largest absolute Gasteiger partial charge is 0.454 e. The number of halogens is 1. The van der Waals surface area contributed by atoms with Gasteiger partial charge in [0.1, 0.15) is 0 Å². The van der Waals surface area contributed by atoms with Gasteiger partial charge in [0, 0.05) is 17.0 Å². The predicted octanol–water partition coefficient (Wildman–Crippen LogP) is 2.88. The summed E-state index contributed by atoms with van der Waals surface area (Å²) in [6.45, 7) is 3.85. The van der Waals surface area contributed by atoms with Crippen molar-refractivity contribution in [3.8, 4) is 22.8 Å². The second kappa shape index (κ2) is 7.16. The van der Waals surface area contributed by atoms with E-state index < -0.39 is 0 Å². The number of nitrogens with one attached hydrogen (secondary N) is 1. The van der Waals surface area contributed by atoms with E-state index in [1.165, 1.54) is 11.3 Å². The zero-order valence-corrected chi connectivity index (χ0v) is 14.4. The Labute approximate surface area is 144 Å².